The van der Waals surface area contributed by atoms with Gasteiger partial charge >= 0.3 is 5.97 Å². The molecule has 5 heterocycles. The molecule has 1 aliphatic carbocycles. The number of carbonyl (C=O) groups excluding carboxylic acids is 2. The Bertz CT molecular complexity index is 2790. The van der Waals surface area contributed by atoms with Gasteiger partial charge in [-0.05, 0) is 73.9 Å². The van der Waals surface area contributed by atoms with Gasteiger partial charge in [-0.15, -0.1) is 0 Å². The maximum absolute atomic E-state index is 13.8. The van der Waals surface area contributed by atoms with Crippen molar-refractivity contribution in [3.8, 4) is 11.5 Å². The number of fused-ring (bicyclic) bond motifs is 2. The standard InChI is InChI=1S/C22H25N5O3S.C22H24N4O4S/c1-2-12-30-16-9-7-8-15(13-16)18(21(29)26-10-5-3-4-6-11-26)27-14-23-19-17(22(27)31)20(28)25-24-19;1-2-11-29-16-10-6-7-14(12-16)18(22(28)30-15-8-4-3-5-9-15)26-13-23-19-17(21(26)31)20(27)25-24-19/h2,7-9,13-14,18H,1,3-6,10-12H2,(H2,24,25,28);2,6-7,10,12-13,15,18H,1,3-5,8-9,11H2,(H2,24,25,27). The number of carbonyl (C=O) groups is 2. The van der Waals surface area contributed by atoms with Gasteiger partial charge in [0, 0.05) is 13.1 Å². The third-order valence-electron chi connectivity index (χ3n) is 10.9. The van der Waals surface area contributed by atoms with Crippen LogP contribution >= 0.6 is 24.4 Å². The number of rotatable bonds is 13. The molecule has 1 aliphatic heterocycles. The second-order valence-electron chi connectivity index (χ2n) is 15.1. The van der Waals surface area contributed by atoms with Crippen LogP contribution in [0.15, 0.2) is 96.1 Å². The summed E-state index contributed by atoms with van der Waals surface area (Å²) in [4.78, 5) is 62.1. The summed E-state index contributed by atoms with van der Waals surface area (Å²) in [5.74, 6) is 0.725. The summed E-state index contributed by atoms with van der Waals surface area (Å²) in [5, 5.41) is 10.9. The average molecular weight is 880 g/mol. The van der Waals surface area contributed by atoms with E-state index < -0.39 is 18.1 Å². The van der Waals surface area contributed by atoms with Gasteiger partial charge in [0.1, 0.15) is 56.9 Å². The molecule has 18 heteroatoms. The number of benzene rings is 2. The maximum Gasteiger partial charge on any atom is 0.334 e. The Kier molecular flexibility index (Phi) is 14.4. The molecule has 2 unspecified atom stereocenters. The third kappa shape index (κ3) is 9.87. The number of amides is 1. The van der Waals surface area contributed by atoms with Crippen LogP contribution in [0.4, 0.5) is 0 Å². The number of likely N-dealkylation sites (tertiary alicyclic amines) is 1. The van der Waals surface area contributed by atoms with E-state index in [0.717, 1.165) is 63.4 Å². The summed E-state index contributed by atoms with van der Waals surface area (Å²) in [6.07, 6.45) is 15.3. The van der Waals surface area contributed by atoms with Crippen molar-refractivity contribution in [3.63, 3.8) is 0 Å². The van der Waals surface area contributed by atoms with E-state index in [0.29, 0.717) is 54.7 Å². The predicted molar refractivity (Wildman–Crippen MR) is 240 cm³/mol. The quantitative estimate of drug-likeness (QED) is 0.0522. The van der Waals surface area contributed by atoms with Crippen molar-refractivity contribution in [2.45, 2.75) is 76.0 Å². The molecule has 1 saturated heterocycles. The van der Waals surface area contributed by atoms with Crippen LogP contribution in [0.2, 0.25) is 0 Å². The Morgan fingerprint density at radius 2 is 1.19 bits per heavy atom. The molecule has 0 spiro atoms. The second kappa shape index (κ2) is 20.4. The molecule has 6 aromatic rings. The fourth-order valence-electron chi connectivity index (χ4n) is 7.83. The highest BCUT2D eigenvalue weighted by atomic mass is 32.1. The van der Waals surface area contributed by atoms with Crippen molar-refractivity contribution in [2.24, 2.45) is 0 Å². The maximum atomic E-state index is 13.8. The largest absolute Gasteiger partial charge is 0.490 e. The molecule has 4 aromatic heterocycles. The highest BCUT2D eigenvalue weighted by Crippen LogP contribution is 2.30. The van der Waals surface area contributed by atoms with Gasteiger partial charge in [-0.25, -0.2) is 14.8 Å². The fourth-order valence-corrected chi connectivity index (χ4v) is 8.51. The highest BCUT2D eigenvalue weighted by Gasteiger charge is 2.31. The summed E-state index contributed by atoms with van der Waals surface area (Å²) >= 11 is 11.2. The van der Waals surface area contributed by atoms with Crippen molar-refractivity contribution in [1.29, 1.82) is 0 Å². The molecule has 0 bridgehead atoms. The number of H-pyrrole nitrogens is 4. The van der Waals surface area contributed by atoms with E-state index in [-0.39, 0.29) is 43.2 Å². The van der Waals surface area contributed by atoms with E-state index in [1.54, 1.807) is 41.0 Å². The third-order valence-corrected chi connectivity index (χ3v) is 11.7. The summed E-state index contributed by atoms with van der Waals surface area (Å²) in [5.41, 5.74) is 1.32. The first-order valence-electron chi connectivity index (χ1n) is 20.7. The van der Waals surface area contributed by atoms with Crippen molar-refractivity contribution in [3.05, 3.63) is 128 Å². The monoisotopic (exact) mass is 879 g/mol. The lowest BCUT2D eigenvalue weighted by atomic mass is 9.97. The molecular formula is C44H49N9O7S2. The molecule has 2 aliphatic rings. The number of ether oxygens (including phenoxy) is 3. The van der Waals surface area contributed by atoms with Crippen LogP contribution in [0.1, 0.15) is 81.0 Å². The van der Waals surface area contributed by atoms with Crippen LogP contribution in [-0.2, 0) is 14.3 Å². The molecule has 2 fully saturated rings. The Hall–Kier alpha value is -6.40. The first-order chi connectivity index (χ1) is 30.2. The highest BCUT2D eigenvalue weighted by molar-refractivity contribution is 7.71. The number of nitrogens with one attached hydrogen (secondary N) is 4. The summed E-state index contributed by atoms with van der Waals surface area (Å²) < 4.78 is 20.8. The van der Waals surface area contributed by atoms with E-state index >= 15 is 0 Å². The van der Waals surface area contributed by atoms with Gasteiger partial charge in [0.15, 0.2) is 17.3 Å². The van der Waals surface area contributed by atoms with Crippen molar-refractivity contribution >= 4 is 58.4 Å². The van der Waals surface area contributed by atoms with Gasteiger partial charge in [-0.1, -0.05) is 93.3 Å². The lowest BCUT2D eigenvalue weighted by Gasteiger charge is -2.28. The molecule has 16 nitrogen and oxygen atoms in total. The van der Waals surface area contributed by atoms with Crippen molar-refractivity contribution in [2.75, 3.05) is 26.3 Å². The molecule has 2 aromatic carbocycles. The zero-order valence-corrected chi connectivity index (χ0v) is 35.8. The average Bonchev–Trinajstić information content (AvgIpc) is 3.74. The molecule has 324 valence electrons. The minimum Gasteiger partial charge on any atom is -0.490 e. The molecule has 62 heavy (non-hydrogen) atoms. The lowest BCUT2D eigenvalue weighted by molar-refractivity contribution is -0.153. The van der Waals surface area contributed by atoms with Crippen LogP contribution in [0.3, 0.4) is 0 Å². The first-order valence-corrected chi connectivity index (χ1v) is 21.5. The molecule has 4 N–H and O–H groups in total. The molecule has 0 radical (unpaired) electrons. The second-order valence-corrected chi connectivity index (χ2v) is 15.9. The van der Waals surface area contributed by atoms with Crippen LogP contribution in [0.25, 0.3) is 22.1 Å². The summed E-state index contributed by atoms with van der Waals surface area (Å²) in [6, 6.07) is 12.9. The van der Waals surface area contributed by atoms with Gasteiger partial charge in [-0.2, -0.15) is 0 Å². The molecule has 1 saturated carbocycles. The fraction of sp³-hybridized carbons (Fsp3) is 0.364. The predicted octanol–water partition coefficient (Wildman–Crippen LogP) is 7.15. The van der Waals surface area contributed by atoms with E-state index in [1.807, 2.05) is 29.2 Å². The number of nitrogens with zero attached hydrogens (tertiary/aromatic N) is 5. The first kappa shape index (κ1) is 43.7. The Balaban J connectivity index is 0.000000186. The van der Waals surface area contributed by atoms with E-state index in [1.165, 1.54) is 17.2 Å². The lowest BCUT2D eigenvalue weighted by Crippen LogP contribution is -2.38. The van der Waals surface area contributed by atoms with E-state index in [9.17, 15) is 19.2 Å². The minimum atomic E-state index is -0.895. The van der Waals surface area contributed by atoms with E-state index in [4.69, 9.17) is 38.6 Å². The van der Waals surface area contributed by atoms with Crippen LogP contribution in [-0.4, -0.2) is 88.7 Å². The number of aromatic amines is 4. The van der Waals surface area contributed by atoms with Crippen LogP contribution in [0, 0.1) is 9.28 Å². The number of hydrogen-bond donors (Lipinski definition) is 4. The number of hydrogen-bond acceptors (Lipinski definition) is 11. The van der Waals surface area contributed by atoms with Crippen molar-refractivity contribution in [1.82, 2.24) is 44.4 Å². The Labute approximate surface area is 366 Å². The Morgan fingerprint density at radius 3 is 1.71 bits per heavy atom. The topological polar surface area (TPSA) is 198 Å². The van der Waals surface area contributed by atoms with E-state index in [2.05, 4.69) is 43.5 Å². The number of aromatic nitrogens is 8. The molecule has 2 atom stereocenters. The zero-order valence-electron chi connectivity index (χ0n) is 34.2. The van der Waals surface area contributed by atoms with Gasteiger partial charge in [0.25, 0.3) is 11.1 Å². The summed E-state index contributed by atoms with van der Waals surface area (Å²) in [7, 11) is 0. The van der Waals surface area contributed by atoms with Gasteiger partial charge < -0.3 is 28.2 Å². The van der Waals surface area contributed by atoms with Crippen LogP contribution in [0.5, 0.6) is 11.5 Å². The number of esters is 1. The smallest absolute Gasteiger partial charge is 0.334 e. The van der Waals surface area contributed by atoms with Gasteiger partial charge in [0.2, 0.25) is 5.91 Å². The zero-order chi connectivity index (χ0) is 43.6. The van der Waals surface area contributed by atoms with Crippen LogP contribution < -0.4 is 20.6 Å². The van der Waals surface area contributed by atoms with Crippen molar-refractivity contribution < 1.29 is 23.8 Å². The minimum absolute atomic E-state index is 0.0630. The molecule has 1 amide bonds. The normalized spacial score (nSPS) is 15.5. The van der Waals surface area contributed by atoms with Gasteiger partial charge in [0.05, 0.1) is 12.7 Å². The molecule has 8 rings (SSSR count). The SMILES string of the molecule is C=CCOc1cccc(C(C(=O)N2CCCCCC2)n2cnc3[nH][nH]c(=O)c3c2=S)c1.C=CCOc1cccc(C(C(=O)OC2CCCCC2)n2cnc3[nH][nH]c(=O)c3c2=S)c1. The Morgan fingerprint density at radius 1 is 0.710 bits per heavy atom. The molecular weight excluding hydrogens is 831 g/mol. The van der Waals surface area contributed by atoms with Gasteiger partial charge in [-0.3, -0.25) is 34.8 Å². The summed E-state index contributed by atoms with van der Waals surface area (Å²) in [6.45, 7) is 9.44.